The van der Waals surface area contributed by atoms with Crippen LogP contribution >= 0.6 is 11.6 Å². The molecule has 2 aliphatic rings. The molecule has 0 bridgehead atoms. The molecule has 3 rings (SSSR count). The van der Waals surface area contributed by atoms with Gasteiger partial charge in [-0.15, -0.1) is 0 Å². The van der Waals surface area contributed by atoms with E-state index in [9.17, 15) is 0 Å². The van der Waals surface area contributed by atoms with Crippen LogP contribution in [0.1, 0.15) is 87.0 Å². The molecule has 0 aromatic carbocycles. The lowest BCUT2D eigenvalue weighted by Crippen LogP contribution is -2.48. The molecule has 192 valence electrons. The first-order valence-corrected chi connectivity index (χ1v) is 12.8. The van der Waals surface area contributed by atoms with Crippen molar-refractivity contribution in [2.45, 2.75) is 105 Å². The number of aromatic nitrogens is 3. The zero-order chi connectivity index (χ0) is 25.3. The van der Waals surface area contributed by atoms with Gasteiger partial charge < -0.3 is 15.3 Å². The van der Waals surface area contributed by atoms with E-state index in [-0.39, 0.29) is 17.3 Å². The maximum absolute atomic E-state index is 8.36. The Kier molecular flexibility index (Phi) is 17.1. The van der Waals surface area contributed by atoms with Gasteiger partial charge in [-0.2, -0.15) is 4.98 Å². The Morgan fingerprint density at radius 1 is 1.12 bits per heavy atom. The number of carboxylic acid groups (broad SMARTS) is 1. The fourth-order valence-corrected chi connectivity index (χ4v) is 4.17. The second kappa shape index (κ2) is 17.9. The quantitative estimate of drug-likeness (QED) is 0.568. The van der Waals surface area contributed by atoms with Crippen LogP contribution in [0.3, 0.4) is 0 Å². The number of likely N-dealkylation sites (tertiary alicyclic amines) is 1. The molecule has 33 heavy (non-hydrogen) atoms. The molecular weight excluding hydrogens is 440 g/mol. The number of piperidine rings is 1. The predicted octanol–water partition coefficient (Wildman–Crippen LogP) is 4.88. The van der Waals surface area contributed by atoms with E-state index < -0.39 is 0 Å². The summed E-state index contributed by atoms with van der Waals surface area (Å²) in [6.45, 7) is 19.2. The molecule has 0 spiro atoms. The zero-order valence-electron chi connectivity index (χ0n) is 21.8. The van der Waals surface area contributed by atoms with Crippen molar-refractivity contribution in [3.63, 3.8) is 0 Å². The van der Waals surface area contributed by atoms with Crippen molar-refractivity contribution in [1.29, 1.82) is 0 Å². The fraction of sp³-hybridized carbons (Fsp3) is 0.833. The molecule has 1 aromatic heterocycles. The number of halogens is 1. The van der Waals surface area contributed by atoms with Gasteiger partial charge in [-0.1, -0.05) is 47.0 Å². The largest absolute Gasteiger partial charge is 0.483 e. The van der Waals surface area contributed by atoms with Gasteiger partial charge in [-0.25, -0.2) is 9.97 Å². The van der Waals surface area contributed by atoms with Crippen LogP contribution in [0.5, 0.6) is 0 Å². The molecule has 2 fully saturated rings. The van der Waals surface area contributed by atoms with E-state index in [0.717, 1.165) is 25.9 Å². The Hall–Kier alpha value is -1.51. The first kappa shape index (κ1) is 31.5. The van der Waals surface area contributed by atoms with E-state index in [1.54, 1.807) is 0 Å². The molecule has 9 heteroatoms. The van der Waals surface area contributed by atoms with Crippen molar-refractivity contribution in [1.82, 2.24) is 25.2 Å². The van der Waals surface area contributed by atoms with E-state index in [1.165, 1.54) is 45.1 Å². The number of hydrogen-bond donors (Lipinski definition) is 2. The van der Waals surface area contributed by atoms with Crippen LogP contribution in [0, 0.1) is 0 Å². The standard InChI is InChI=1S/C16H27ClN6.C5H12.C2H6.CH2O2/c1-16(2,3)21-12-4-7-23(10-12)13-5-8-22(9-6-13)15-19-11-18-14(17)20-15;1-3-5-4-2;1-2;2-1-3/h11-13,21H,4-10H2,1-3H3;3-5H2,1-2H3;1-2H3;1H,(H,2,3). The van der Waals surface area contributed by atoms with Crippen molar-refractivity contribution < 1.29 is 9.90 Å². The molecule has 0 radical (unpaired) electrons. The Balaban J connectivity index is 0.000000877. The van der Waals surface area contributed by atoms with Gasteiger partial charge in [0.15, 0.2) is 0 Å². The summed E-state index contributed by atoms with van der Waals surface area (Å²) in [5.41, 5.74) is 0.196. The lowest BCUT2D eigenvalue weighted by molar-refractivity contribution is -0.122. The van der Waals surface area contributed by atoms with Crippen LogP contribution < -0.4 is 10.2 Å². The highest BCUT2D eigenvalue weighted by Crippen LogP contribution is 2.24. The average molecular weight is 487 g/mol. The van der Waals surface area contributed by atoms with Gasteiger partial charge in [0.05, 0.1) is 0 Å². The van der Waals surface area contributed by atoms with Crippen LogP contribution in [-0.4, -0.2) is 75.2 Å². The van der Waals surface area contributed by atoms with Gasteiger partial charge in [0.1, 0.15) is 6.33 Å². The lowest BCUT2D eigenvalue weighted by Gasteiger charge is -2.37. The smallest absolute Gasteiger partial charge is 0.290 e. The molecule has 2 saturated heterocycles. The summed E-state index contributed by atoms with van der Waals surface area (Å²) in [5, 5.41) is 10.9. The summed E-state index contributed by atoms with van der Waals surface area (Å²) in [5.74, 6) is 0.706. The van der Waals surface area contributed by atoms with Crippen molar-refractivity contribution >= 4 is 24.0 Å². The Morgan fingerprint density at radius 2 is 1.70 bits per heavy atom. The van der Waals surface area contributed by atoms with Gasteiger partial charge >= 0.3 is 0 Å². The van der Waals surface area contributed by atoms with Crippen LogP contribution in [0.4, 0.5) is 5.95 Å². The highest BCUT2D eigenvalue weighted by molar-refractivity contribution is 6.28. The predicted molar refractivity (Wildman–Crippen MR) is 138 cm³/mol. The summed E-state index contributed by atoms with van der Waals surface area (Å²) in [6.07, 6.45) is 9.13. The third kappa shape index (κ3) is 13.7. The van der Waals surface area contributed by atoms with Crippen molar-refractivity contribution in [2.75, 3.05) is 31.1 Å². The number of nitrogens with one attached hydrogen (secondary N) is 1. The van der Waals surface area contributed by atoms with Crippen LogP contribution in [0.25, 0.3) is 0 Å². The number of hydrogen-bond acceptors (Lipinski definition) is 7. The number of nitrogens with zero attached hydrogens (tertiary/aromatic N) is 5. The number of anilines is 1. The van der Waals surface area contributed by atoms with E-state index in [2.05, 4.69) is 64.7 Å². The second-order valence-corrected chi connectivity index (χ2v) is 9.44. The maximum Gasteiger partial charge on any atom is 0.290 e. The summed E-state index contributed by atoms with van der Waals surface area (Å²) >= 11 is 5.86. The Morgan fingerprint density at radius 3 is 2.15 bits per heavy atom. The molecule has 0 amide bonds. The number of unbranched alkanes of at least 4 members (excludes halogenated alkanes) is 2. The second-order valence-electron chi connectivity index (χ2n) is 9.11. The molecule has 2 N–H and O–H groups in total. The van der Waals surface area contributed by atoms with Gasteiger partial charge in [-0.05, 0) is 51.6 Å². The molecule has 1 unspecified atom stereocenters. The minimum Gasteiger partial charge on any atom is -0.483 e. The lowest BCUT2D eigenvalue weighted by atomic mass is 10.0. The summed E-state index contributed by atoms with van der Waals surface area (Å²) in [7, 11) is 0. The van der Waals surface area contributed by atoms with E-state index in [0.29, 0.717) is 18.0 Å². The van der Waals surface area contributed by atoms with Crippen molar-refractivity contribution in [3.8, 4) is 0 Å². The first-order valence-electron chi connectivity index (χ1n) is 12.4. The third-order valence-electron chi connectivity index (χ3n) is 5.36. The molecular formula is C24H47ClN6O2. The molecule has 3 heterocycles. The van der Waals surface area contributed by atoms with E-state index >= 15 is 0 Å². The monoisotopic (exact) mass is 486 g/mol. The Bertz CT molecular complexity index is 619. The van der Waals surface area contributed by atoms with Gasteiger partial charge in [0, 0.05) is 43.8 Å². The van der Waals surface area contributed by atoms with Gasteiger partial charge in [-0.3, -0.25) is 9.69 Å². The molecule has 1 atom stereocenters. The summed E-state index contributed by atoms with van der Waals surface area (Å²) in [6, 6.07) is 1.30. The molecule has 1 aromatic rings. The maximum atomic E-state index is 8.36. The van der Waals surface area contributed by atoms with E-state index in [1.807, 2.05) is 13.8 Å². The third-order valence-corrected chi connectivity index (χ3v) is 5.54. The molecule has 0 aliphatic carbocycles. The van der Waals surface area contributed by atoms with Gasteiger partial charge in [0.25, 0.3) is 6.47 Å². The van der Waals surface area contributed by atoms with Crippen LogP contribution in [0.2, 0.25) is 5.28 Å². The summed E-state index contributed by atoms with van der Waals surface area (Å²) < 4.78 is 0. The zero-order valence-corrected chi connectivity index (χ0v) is 22.6. The highest BCUT2D eigenvalue weighted by Gasteiger charge is 2.32. The molecule has 2 aliphatic heterocycles. The number of carbonyl (C=O) groups is 1. The van der Waals surface area contributed by atoms with Crippen LogP contribution in [0.15, 0.2) is 6.33 Å². The first-order chi connectivity index (χ1) is 15.7. The van der Waals surface area contributed by atoms with Crippen molar-refractivity contribution in [2.24, 2.45) is 0 Å². The molecule has 8 nitrogen and oxygen atoms in total. The SMILES string of the molecule is CC.CC(C)(C)NC1CCN(C2CCN(c3ncnc(Cl)n3)CC2)C1.CCCCC.O=CO. The minimum atomic E-state index is -0.250. The molecule has 0 saturated carbocycles. The highest BCUT2D eigenvalue weighted by atomic mass is 35.5. The summed E-state index contributed by atoms with van der Waals surface area (Å²) in [4.78, 5) is 25.5. The average Bonchev–Trinajstić information content (AvgIpc) is 3.24. The van der Waals surface area contributed by atoms with Crippen molar-refractivity contribution in [3.05, 3.63) is 11.6 Å². The normalized spacial score (nSPS) is 18.8. The van der Waals surface area contributed by atoms with E-state index in [4.69, 9.17) is 21.5 Å². The fourth-order valence-electron chi connectivity index (χ4n) is 4.05. The van der Waals surface area contributed by atoms with Crippen LogP contribution in [-0.2, 0) is 4.79 Å². The Labute approximate surface area is 206 Å². The minimum absolute atomic E-state index is 0.196. The van der Waals surface area contributed by atoms with Gasteiger partial charge in [0.2, 0.25) is 11.2 Å². The number of rotatable bonds is 5. The topological polar surface area (TPSA) is 94.5 Å².